The van der Waals surface area contributed by atoms with Crippen molar-refractivity contribution in [2.75, 3.05) is 6.26 Å². The van der Waals surface area contributed by atoms with Crippen LogP contribution >= 0.6 is 35.7 Å². The zero-order valence-corrected chi connectivity index (χ0v) is 10.0. The van der Waals surface area contributed by atoms with Crippen LogP contribution in [0.1, 0.15) is 10.4 Å². The van der Waals surface area contributed by atoms with Crippen LogP contribution < -0.4 is 0 Å². The van der Waals surface area contributed by atoms with E-state index >= 15 is 0 Å². The molecule has 0 saturated heterocycles. The third-order valence-electron chi connectivity index (χ3n) is 2.06. The second kappa shape index (κ2) is 3.96. The van der Waals surface area contributed by atoms with Crippen molar-refractivity contribution in [2.24, 2.45) is 0 Å². The molecule has 0 radical (unpaired) electrons. The van der Waals surface area contributed by atoms with Gasteiger partial charge in [0.1, 0.15) is 0 Å². The lowest BCUT2D eigenvalue weighted by atomic mass is 10.2. The Morgan fingerprint density at radius 1 is 1.50 bits per heavy atom. The van der Waals surface area contributed by atoms with Crippen molar-refractivity contribution in [1.82, 2.24) is 0 Å². The van der Waals surface area contributed by atoms with Gasteiger partial charge in [0, 0.05) is 30.8 Å². The fraction of sp³-hybridized carbons (Fsp3) is 0.100. The predicted octanol–water partition coefficient (Wildman–Crippen LogP) is 3.72. The second-order valence-electron chi connectivity index (χ2n) is 2.80. The number of thiophene rings is 1. The van der Waals surface area contributed by atoms with Gasteiger partial charge in [0.15, 0.2) is 6.29 Å². The first-order valence-corrected chi connectivity index (χ1v) is 6.55. The van der Waals surface area contributed by atoms with Gasteiger partial charge < -0.3 is 0 Å². The summed E-state index contributed by atoms with van der Waals surface area (Å²) in [5, 5.41) is 3.21. The summed E-state index contributed by atoms with van der Waals surface area (Å²) in [6, 6.07) is 3.79. The van der Waals surface area contributed by atoms with E-state index in [1.165, 1.54) is 9.60 Å². The molecule has 4 heteroatoms. The van der Waals surface area contributed by atoms with E-state index in [1.807, 2.05) is 18.4 Å². The third-order valence-corrected chi connectivity index (χ3v) is 4.40. The van der Waals surface area contributed by atoms with E-state index in [-0.39, 0.29) is 0 Å². The van der Waals surface area contributed by atoms with Gasteiger partial charge in [-0.1, -0.05) is 0 Å². The monoisotopic (exact) mass is 240 g/mol. The van der Waals surface area contributed by atoms with E-state index in [9.17, 15) is 4.79 Å². The minimum absolute atomic E-state index is 0.662. The zero-order valence-electron chi connectivity index (χ0n) is 7.48. The molecule has 0 saturated carbocycles. The molecule has 0 aliphatic rings. The Morgan fingerprint density at radius 2 is 2.29 bits per heavy atom. The van der Waals surface area contributed by atoms with Crippen LogP contribution in [0.5, 0.6) is 0 Å². The first-order valence-electron chi connectivity index (χ1n) is 4.00. The average molecular weight is 240 g/mol. The predicted molar refractivity (Wildman–Crippen MR) is 66.2 cm³/mol. The SMILES string of the molecule is CSc1csc2ccc(C=O)c(S)c12. The molecule has 1 nitrogen and oxygen atoms in total. The highest BCUT2D eigenvalue weighted by atomic mass is 32.2. The number of thioether (sulfide) groups is 1. The maximum atomic E-state index is 10.7. The largest absolute Gasteiger partial charge is 0.298 e. The first kappa shape index (κ1) is 10.1. The van der Waals surface area contributed by atoms with Crippen molar-refractivity contribution in [3.8, 4) is 0 Å². The highest BCUT2D eigenvalue weighted by molar-refractivity contribution is 7.99. The molecular formula is C10H8OS3. The summed E-state index contributed by atoms with van der Waals surface area (Å²) in [6.07, 6.45) is 2.88. The van der Waals surface area contributed by atoms with Gasteiger partial charge in [-0.25, -0.2) is 0 Å². The molecule has 0 fully saturated rings. The molecule has 2 rings (SSSR count). The van der Waals surface area contributed by atoms with Crippen molar-refractivity contribution in [3.05, 3.63) is 23.1 Å². The number of fused-ring (bicyclic) bond motifs is 1. The number of hydrogen-bond acceptors (Lipinski definition) is 4. The van der Waals surface area contributed by atoms with Crippen LogP contribution in [-0.4, -0.2) is 12.5 Å². The van der Waals surface area contributed by atoms with Crippen molar-refractivity contribution in [2.45, 2.75) is 9.79 Å². The van der Waals surface area contributed by atoms with Crippen LogP contribution in [0.2, 0.25) is 0 Å². The summed E-state index contributed by atoms with van der Waals surface area (Å²) in [7, 11) is 0. The quantitative estimate of drug-likeness (QED) is 0.489. The molecule has 1 aromatic carbocycles. The molecule has 1 aromatic heterocycles. The smallest absolute Gasteiger partial charge is 0.151 e. The molecule has 0 aliphatic heterocycles. The fourth-order valence-corrected chi connectivity index (χ4v) is 3.70. The first-order chi connectivity index (χ1) is 6.77. The Morgan fingerprint density at radius 3 is 2.93 bits per heavy atom. The van der Waals surface area contributed by atoms with Gasteiger partial charge in [-0.2, -0.15) is 0 Å². The number of carbonyl (C=O) groups excluding carboxylic acids is 1. The summed E-state index contributed by atoms with van der Waals surface area (Å²) in [5.41, 5.74) is 0.662. The van der Waals surface area contributed by atoms with Gasteiger partial charge in [0.25, 0.3) is 0 Å². The molecule has 0 unspecified atom stereocenters. The third kappa shape index (κ3) is 1.47. The standard InChI is InChI=1S/C10H8OS3/c1-13-8-5-14-7-3-2-6(4-11)10(12)9(7)8/h2-5,12H,1H3. The van der Waals surface area contributed by atoms with Crippen LogP contribution in [0, 0.1) is 0 Å². The summed E-state index contributed by atoms with van der Waals surface area (Å²) >= 11 is 7.77. The number of benzene rings is 1. The zero-order chi connectivity index (χ0) is 10.1. The van der Waals surface area contributed by atoms with Gasteiger partial charge in [-0.15, -0.1) is 35.7 Å². The van der Waals surface area contributed by atoms with Crippen LogP contribution in [0.15, 0.2) is 27.3 Å². The summed E-state index contributed by atoms with van der Waals surface area (Å²) in [5.74, 6) is 0. The molecular weight excluding hydrogens is 232 g/mol. The summed E-state index contributed by atoms with van der Waals surface area (Å²) < 4.78 is 1.19. The van der Waals surface area contributed by atoms with Crippen molar-refractivity contribution >= 4 is 52.1 Å². The average Bonchev–Trinajstić information content (AvgIpc) is 2.62. The molecule has 0 atom stereocenters. The normalized spacial score (nSPS) is 10.7. The fourth-order valence-electron chi connectivity index (χ4n) is 1.35. The number of carbonyl (C=O) groups is 1. The lowest BCUT2D eigenvalue weighted by Crippen LogP contribution is -1.82. The minimum Gasteiger partial charge on any atom is -0.298 e. The van der Waals surface area contributed by atoms with Crippen LogP contribution in [-0.2, 0) is 0 Å². The topological polar surface area (TPSA) is 17.1 Å². The molecule has 1 heterocycles. The second-order valence-corrected chi connectivity index (χ2v) is 5.00. The van der Waals surface area contributed by atoms with Crippen molar-refractivity contribution < 1.29 is 4.79 Å². The van der Waals surface area contributed by atoms with E-state index < -0.39 is 0 Å². The summed E-state index contributed by atoms with van der Waals surface area (Å²) in [6.45, 7) is 0. The number of hydrogen-bond donors (Lipinski definition) is 1. The molecule has 0 aliphatic carbocycles. The molecule has 2 aromatic rings. The lowest BCUT2D eigenvalue weighted by Gasteiger charge is -2.01. The number of thiol groups is 1. The molecule has 0 amide bonds. The van der Waals surface area contributed by atoms with Gasteiger partial charge in [0.05, 0.1) is 0 Å². The number of rotatable bonds is 2. The maximum Gasteiger partial charge on any atom is 0.151 e. The van der Waals surface area contributed by atoms with Crippen molar-refractivity contribution in [1.29, 1.82) is 0 Å². The molecule has 0 bridgehead atoms. The Balaban J connectivity index is 2.83. The highest BCUT2D eigenvalue weighted by Crippen LogP contribution is 2.37. The van der Waals surface area contributed by atoms with Gasteiger partial charge in [-0.3, -0.25) is 4.79 Å². The molecule has 14 heavy (non-hydrogen) atoms. The molecule has 0 N–H and O–H groups in total. The highest BCUT2D eigenvalue weighted by Gasteiger charge is 2.09. The van der Waals surface area contributed by atoms with E-state index in [4.69, 9.17) is 0 Å². The van der Waals surface area contributed by atoms with E-state index in [0.717, 1.165) is 16.6 Å². The van der Waals surface area contributed by atoms with Gasteiger partial charge in [0.2, 0.25) is 0 Å². The molecule has 0 spiro atoms. The minimum atomic E-state index is 0.662. The molecule has 72 valence electrons. The Hall–Kier alpha value is -0.450. The van der Waals surface area contributed by atoms with Crippen LogP contribution in [0.3, 0.4) is 0 Å². The van der Waals surface area contributed by atoms with Crippen LogP contribution in [0.25, 0.3) is 10.1 Å². The van der Waals surface area contributed by atoms with E-state index in [1.54, 1.807) is 23.1 Å². The lowest BCUT2D eigenvalue weighted by molar-refractivity contribution is 0.112. The maximum absolute atomic E-state index is 10.7. The van der Waals surface area contributed by atoms with Gasteiger partial charge >= 0.3 is 0 Å². The van der Waals surface area contributed by atoms with E-state index in [0.29, 0.717) is 5.56 Å². The van der Waals surface area contributed by atoms with Crippen LogP contribution in [0.4, 0.5) is 0 Å². The Kier molecular flexibility index (Phi) is 2.85. The number of aldehydes is 1. The van der Waals surface area contributed by atoms with Gasteiger partial charge in [-0.05, 0) is 18.4 Å². The van der Waals surface area contributed by atoms with E-state index in [2.05, 4.69) is 18.0 Å². The Bertz CT molecular complexity index is 487. The van der Waals surface area contributed by atoms with Crippen molar-refractivity contribution in [3.63, 3.8) is 0 Å². The summed E-state index contributed by atoms with van der Waals surface area (Å²) in [4.78, 5) is 12.7. The Labute approximate surface area is 95.9 Å².